The summed E-state index contributed by atoms with van der Waals surface area (Å²) < 4.78 is 6.67. The summed E-state index contributed by atoms with van der Waals surface area (Å²) in [6.45, 7) is 2.06. The van der Waals surface area contributed by atoms with E-state index in [1.807, 2.05) is 24.3 Å². The standard InChI is InChI=1S/C15H22BrNO2/c16-13-4-6-14(7-5-13)19-11-10-17-12-15(18)8-2-1-3-9-15/h4-7,17-18H,1-3,8-12H2. The van der Waals surface area contributed by atoms with Gasteiger partial charge in [0.15, 0.2) is 0 Å². The minimum absolute atomic E-state index is 0.490. The van der Waals surface area contributed by atoms with E-state index in [9.17, 15) is 5.11 Å². The van der Waals surface area contributed by atoms with E-state index in [-0.39, 0.29) is 0 Å². The average Bonchev–Trinajstić information content (AvgIpc) is 2.41. The van der Waals surface area contributed by atoms with Crippen LogP contribution in [0.1, 0.15) is 32.1 Å². The van der Waals surface area contributed by atoms with Gasteiger partial charge in [0.05, 0.1) is 5.60 Å². The van der Waals surface area contributed by atoms with Gasteiger partial charge >= 0.3 is 0 Å². The first-order valence-electron chi connectivity index (χ1n) is 6.99. The second kappa shape index (κ2) is 7.27. The normalized spacial score (nSPS) is 18.2. The van der Waals surface area contributed by atoms with E-state index in [4.69, 9.17) is 4.74 Å². The minimum Gasteiger partial charge on any atom is -0.492 e. The highest BCUT2D eigenvalue weighted by Crippen LogP contribution is 2.27. The number of aliphatic hydroxyl groups is 1. The molecule has 19 heavy (non-hydrogen) atoms. The molecule has 0 bridgehead atoms. The van der Waals surface area contributed by atoms with Crippen molar-refractivity contribution in [3.63, 3.8) is 0 Å². The van der Waals surface area contributed by atoms with Crippen LogP contribution in [-0.2, 0) is 0 Å². The second-order valence-electron chi connectivity index (χ2n) is 5.26. The van der Waals surface area contributed by atoms with Crippen LogP contribution in [-0.4, -0.2) is 30.4 Å². The highest BCUT2D eigenvalue weighted by molar-refractivity contribution is 9.10. The Bertz CT molecular complexity index is 374. The fraction of sp³-hybridized carbons (Fsp3) is 0.600. The maximum Gasteiger partial charge on any atom is 0.119 e. The number of nitrogens with one attached hydrogen (secondary N) is 1. The zero-order valence-corrected chi connectivity index (χ0v) is 12.8. The number of hydrogen-bond donors (Lipinski definition) is 2. The van der Waals surface area contributed by atoms with Gasteiger partial charge in [0, 0.05) is 17.6 Å². The van der Waals surface area contributed by atoms with Crippen molar-refractivity contribution in [1.29, 1.82) is 0 Å². The van der Waals surface area contributed by atoms with Crippen LogP contribution < -0.4 is 10.1 Å². The van der Waals surface area contributed by atoms with E-state index in [0.29, 0.717) is 13.2 Å². The van der Waals surface area contributed by atoms with Gasteiger partial charge in [-0.15, -0.1) is 0 Å². The predicted molar refractivity (Wildman–Crippen MR) is 80.5 cm³/mol. The maximum absolute atomic E-state index is 10.3. The van der Waals surface area contributed by atoms with Gasteiger partial charge in [0.1, 0.15) is 12.4 Å². The summed E-state index contributed by atoms with van der Waals surface area (Å²) in [6, 6.07) is 7.82. The molecule has 1 aliphatic rings. The zero-order valence-electron chi connectivity index (χ0n) is 11.2. The van der Waals surface area contributed by atoms with Crippen molar-refractivity contribution in [1.82, 2.24) is 5.32 Å². The fourth-order valence-corrected chi connectivity index (χ4v) is 2.74. The van der Waals surface area contributed by atoms with Gasteiger partial charge in [-0.2, -0.15) is 0 Å². The van der Waals surface area contributed by atoms with Crippen LogP contribution in [0.3, 0.4) is 0 Å². The first kappa shape index (κ1) is 14.8. The van der Waals surface area contributed by atoms with Gasteiger partial charge in [-0.25, -0.2) is 0 Å². The van der Waals surface area contributed by atoms with Gasteiger partial charge in [-0.3, -0.25) is 0 Å². The average molecular weight is 328 g/mol. The Labute approximate surface area is 123 Å². The molecule has 1 aromatic carbocycles. The van der Waals surface area contributed by atoms with E-state index < -0.39 is 5.60 Å². The Morgan fingerprint density at radius 1 is 1.16 bits per heavy atom. The molecular weight excluding hydrogens is 306 g/mol. The van der Waals surface area contributed by atoms with Gasteiger partial charge < -0.3 is 15.2 Å². The molecule has 2 N–H and O–H groups in total. The van der Waals surface area contributed by atoms with Crippen LogP contribution in [0.2, 0.25) is 0 Å². The van der Waals surface area contributed by atoms with Crippen molar-refractivity contribution >= 4 is 15.9 Å². The number of ether oxygens (including phenoxy) is 1. The SMILES string of the molecule is OC1(CNCCOc2ccc(Br)cc2)CCCCC1. The van der Waals surface area contributed by atoms with E-state index in [1.54, 1.807) is 0 Å². The van der Waals surface area contributed by atoms with Gasteiger partial charge in [0.2, 0.25) is 0 Å². The summed E-state index contributed by atoms with van der Waals surface area (Å²) in [7, 11) is 0. The maximum atomic E-state index is 10.3. The molecule has 1 saturated carbocycles. The second-order valence-corrected chi connectivity index (χ2v) is 6.18. The van der Waals surface area contributed by atoms with Crippen molar-refractivity contribution in [2.75, 3.05) is 19.7 Å². The molecule has 0 heterocycles. The molecule has 0 radical (unpaired) electrons. The Morgan fingerprint density at radius 3 is 2.53 bits per heavy atom. The van der Waals surface area contributed by atoms with E-state index in [1.165, 1.54) is 6.42 Å². The topological polar surface area (TPSA) is 41.5 Å². The third kappa shape index (κ3) is 5.13. The van der Waals surface area contributed by atoms with Crippen molar-refractivity contribution in [3.8, 4) is 5.75 Å². The van der Waals surface area contributed by atoms with Crippen molar-refractivity contribution in [3.05, 3.63) is 28.7 Å². The minimum atomic E-state index is -0.490. The first-order valence-corrected chi connectivity index (χ1v) is 7.79. The Kier molecular flexibility index (Phi) is 5.67. The van der Waals surface area contributed by atoms with E-state index >= 15 is 0 Å². The predicted octanol–water partition coefficient (Wildman–Crippen LogP) is 3.11. The van der Waals surface area contributed by atoms with Gasteiger partial charge in [-0.1, -0.05) is 35.2 Å². The molecule has 1 fully saturated rings. The molecule has 0 unspecified atom stereocenters. The molecule has 0 saturated heterocycles. The highest BCUT2D eigenvalue weighted by atomic mass is 79.9. The zero-order chi connectivity index (χ0) is 13.6. The Hall–Kier alpha value is -0.580. The molecule has 0 spiro atoms. The van der Waals surface area contributed by atoms with Gasteiger partial charge in [-0.05, 0) is 37.1 Å². The molecule has 4 heteroatoms. The molecule has 2 rings (SSSR count). The molecule has 1 aliphatic carbocycles. The van der Waals surface area contributed by atoms with E-state index in [0.717, 1.165) is 42.5 Å². The lowest BCUT2D eigenvalue weighted by molar-refractivity contribution is 0.00457. The summed E-state index contributed by atoms with van der Waals surface area (Å²) in [6.07, 6.45) is 5.40. The Balaban J connectivity index is 1.60. The number of hydrogen-bond acceptors (Lipinski definition) is 3. The third-order valence-electron chi connectivity index (χ3n) is 3.60. The molecule has 1 aromatic rings. The number of benzene rings is 1. The molecule has 0 atom stereocenters. The quantitative estimate of drug-likeness (QED) is 0.789. The summed E-state index contributed by atoms with van der Waals surface area (Å²) in [4.78, 5) is 0. The lowest BCUT2D eigenvalue weighted by Gasteiger charge is -2.32. The summed E-state index contributed by atoms with van der Waals surface area (Å²) in [5, 5.41) is 13.6. The Morgan fingerprint density at radius 2 is 1.84 bits per heavy atom. The monoisotopic (exact) mass is 327 g/mol. The molecular formula is C15H22BrNO2. The van der Waals surface area contributed by atoms with Crippen LogP contribution >= 0.6 is 15.9 Å². The van der Waals surface area contributed by atoms with Crippen LogP contribution in [0.15, 0.2) is 28.7 Å². The lowest BCUT2D eigenvalue weighted by Crippen LogP contribution is -2.43. The lowest BCUT2D eigenvalue weighted by atomic mass is 9.85. The van der Waals surface area contributed by atoms with Crippen LogP contribution in [0.4, 0.5) is 0 Å². The molecule has 0 aromatic heterocycles. The van der Waals surface area contributed by atoms with Crippen molar-refractivity contribution in [2.24, 2.45) is 0 Å². The van der Waals surface area contributed by atoms with Crippen LogP contribution in [0.5, 0.6) is 5.75 Å². The number of halogens is 1. The summed E-state index contributed by atoms with van der Waals surface area (Å²) in [5.74, 6) is 0.876. The largest absolute Gasteiger partial charge is 0.492 e. The first-order chi connectivity index (χ1) is 9.18. The van der Waals surface area contributed by atoms with Crippen molar-refractivity contribution < 1.29 is 9.84 Å². The third-order valence-corrected chi connectivity index (χ3v) is 4.13. The summed E-state index contributed by atoms with van der Waals surface area (Å²) >= 11 is 3.39. The number of rotatable bonds is 6. The van der Waals surface area contributed by atoms with Crippen LogP contribution in [0.25, 0.3) is 0 Å². The molecule has 0 aliphatic heterocycles. The molecule has 106 valence electrons. The molecule has 0 amide bonds. The smallest absolute Gasteiger partial charge is 0.119 e. The summed E-state index contributed by atoms with van der Waals surface area (Å²) in [5.41, 5.74) is -0.490. The van der Waals surface area contributed by atoms with E-state index in [2.05, 4.69) is 21.2 Å². The van der Waals surface area contributed by atoms with Gasteiger partial charge in [0.25, 0.3) is 0 Å². The molecule has 3 nitrogen and oxygen atoms in total. The highest BCUT2D eigenvalue weighted by Gasteiger charge is 2.28. The van der Waals surface area contributed by atoms with Crippen molar-refractivity contribution in [2.45, 2.75) is 37.7 Å². The fourth-order valence-electron chi connectivity index (χ4n) is 2.48. The van der Waals surface area contributed by atoms with Crippen LogP contribution in [0, 0.1) is 0 Å².